The summed E-state index contributed by atoms with van der Waals surface area (Å²) in [6.45, 7) is 0.985. The van der Waals surface area contributed by atoms with E-state index in [4.69, 9.17) is 9.47 Å². The highest BCUT2D eigenvalue weighted by atomic mass is 32.2. The van der Waals surface area contributed by atoms with Gasteiger partial charge in [-0.25, -0.2) is 13.1 Å². The van der Waals surface area contributed by atoms with E-state index in [1.807, 2.05) is 4.72 Å². The molecule has 1 aromatic carbocycles. The number of aromatic nitrogens is 1. The predicted molar refractivity (Wildman–Crippen MR) is 87.7 cm³/mol. The van der Waals surface area contributed by atoms with Crippen LogP contribution in [0.4, 0.5) is 0 Å². The molecule has 24 heavy (non-hydrogen) atoms. The molecule has 0 saturated heterocycles. The van der Waals surface area contributed by atoms with Crippen LogP contribution in [0.25, 0.3) is 0 Å². The third kappa shape index (κ3) is 3.98. The first-order valence-corrected chi connectivity index (χ1v) is 9.49. The molecule has 0 bridgehead atoms. The number of hydrogen-bond acceptors (Lipinski definition) is 7. The molecule has 2 heterocycles. The van der Waals surface area contributed by atoms with E-state index < -0.39 is 15.9 Å². The van der Waals surface area contributed by atoms with Gasteiger partial charge in [-0.1, -0.05) is 0 Å². The second-order valence-corrected chi connectivity index (χ2v) is 7.54. The van der Waals surface area contributed by atoms with Gasteiger partial charge in [-0.15, -0.1) is 11.8 Å². The summed E-state index contributed by atoms with van der Waals surface area (Å²) in [5, 5.41) is 0. The Labute approximate surface area is 143 Å². The van der Waals surface area contributed by atoms with Crippen LogP contribution in [-0.2, 0) is 14.8 Å². The average molecular weight is 366 g/mol. The van der Waals surface area contributed by atoms with E-state index in [1.165, 1.54) is 36.3 Å². The van der Waals surface area contributed by atoms with E-state index in [0.29, 0.717) is 24.7 Å². The Morgan fingerprint density at radius 3 is 2.75 bits per heavy atom. The third-order valence-electron chi connectivity index (χ3n) is 3.08. The lowest BCUT2D eigenvalue weighted by Crippen LogP contribution is -2.31. The van der Waals surface area contributed by atoms with Gasteiger partial charge < -0.3 is 9.47 Å². The third-order valence-corrected chi connectivity index (χ3v) is 5.43. The zero-order valence-electron chi connectivity index (χ0n) is 12.5. The zero-order valence-corrected chi connectivity index (χ0v) is 14.1. The lowest BCUT2D eigenvalue weighted by atomic mass is 10.3. The van der Waals surface area contributed by atoms with E-state index >= 15 is 0 Å². The number of hydrogen-bond donors (Lipinski definition) is 1. The molecule has 0 atom stereocenters. The normalized spacial score (nSPS) is 13.3. The smallest absolute Gasteiger partial charge is 0.265 e. The minimum absolute atomic E-state index is 0.0425. The Balaban J connectivity index is 1.60. The molecule has 0 spiro atoms. The molecule has 0 unspecified atom stereocenters. The predicted octanol–water partition coefficient (Wildman–Crippen LogP) is 1.45. The van der Waals surface area contributed by atoms with Crippen LogP contribution in [-0.4, -0.2) is 38.3 Å². The van der Waals surface area contributed by atoms with E-state index in [1.54, 1.807) is 18.2 Å². The largest absolute Gasteiger partial charge is 0.486 e. The number of ether oxygens (including phenoxy) is 2. The van der Waals surface area contributed by atoms with Crippen LogP contribution < -0.4 is 14.2 Å². The number of carbonyl (C=O) groups excluding carboxylic acids is 1. The Bertz CT molecular complexity index is 840. The van der Waals surface area contributed by atoms with Crippen molar-refractivity contribution in [3.05, 3.63) is 42.7 Å². The van der Waals surface area contributed by atoms with Gasteiger partial charge in [0.15, 0.2) is 11.5 Å². The molecule has 1 N–H and O–H groups in total. The Morgan fingerprint density at radius 1 is 1.21 bits per heavy atom. The van der Waals surface area contributed by atoms with Crippen molar-refractivity contribution in [2.24, 2.45) is 0 Å². The molecule has 1 amide bonds. The number of nitrogens with one attached hydrogen (secondary N) is 1. The summed E-state index contributed by atoms with van der Waals surface area (Å²) in [5.74, 6) is 0.627. The maximum atomic E-state index is 12.0. The average Bonchev–Trinajstić information content (AvgIpc) is 2.60. The van der Waals surface area contributed by atoms with Gasteiger partial charge in [-0.2, -0.15) is 0 Å². The van der Waals surface area contributed by atoms with Crippen molar-refractivity contribution in [2.75, 3.05) is 19.0 Å². The summed E-state index contributed by atoms with van der Waals surface area (Å²) in [6, 6.07) is 8.18. The second-order valence-electron chi connectivity index (χ2n) is 4.81. The summed E-state index contributed by atoms with van der Waals surface area (Å²) in [4.78, 5) is 16.4. The first kappa shape index (κ1) is 16.6. The molecule has 0 fully saturated rings. The molecule has 1 aliphatic rings. The molecule has 9 heteroatoms. The number of nitrogens with zero attached hydrogens (tertiary/aromatic N) is 1. The Kier molecular flexibility index (Phi) is 4.91. The van der Waals surface area contributed by atoms with Crippen molar-refractivity contribution in [3.8, 4) is 11.5 Å². The summed E-state index contributed by atoms with van der Waals surface area (Å²) >= 11 is 1.21. The number of benzene rings is 1. The Hall–Kier alpha value is -2.26. The van der Waals surface area contributed by atoms with Gasteiger partial charge in [0.05, 0.1) is 5.75 Å². The maximum absolute atomic E-state index is 12.0. The number of fused-ring (bicyclic) bond motifs is 1. The van der Waals surface area contributed by atoms with Crippen LogP contribution in [0.1, 0.15) is 0 Å². The van der Waals surface area contributed by atoms with Crippen molar-refractivity contribution in [1.29, 1.82) is 0 Å². The molecule has 0 saturated carbocycles. The van der Waals surface area contributed by atoms with Gasteiger partial charge >= 0.3 is 0 Å². The summed E-state index contributed by atoms with van der Waals surface area (Å²) in [7, 11) is -3.90. The van der Waals surface area contributed by atoms with Gasteiger partial charge in [0.2, 0.25) is 5.91 Å². The molecular weight excluding hydrogens is 352 g/mol. The quantitative estimate of drug-likeness (QED) is 0.800. The maximum Gasteiger partial charge on any atom is 0.265 e. The summed E-state index contributed by atoms with van der Waals surface area (Å²) < 4.78 is 37.0. The number of rotatable bonds is 5. The van der Waals surface area contributed by atoms with Crippen LogP contribution in [0.3, 0.4) is 0 Å². The molecule has 126 valence electrons. The van der Waals surface area contributed by atoms with E-state index in [0.717, 1.165) is 4.90 Å². The van der Waals surface area contributed by atoms with Crippen molar-refractivity contribution < 1.29 is 22.7 Å². The summed E-state index contributed by atoms with van der Waals surface area (Å²) in [6.07, 6.45) is 2.64. The van der Waals surface area contributed by atoms with Crippen molar-refractivity contribution in [2.45, 2.75) is 9.79 Å². The monoisotopic (exact) mass is 366 g/mol. The highest BCUT2D eigenvalue weighted by molar-refractivity contribution is 8.00. The van der Waals surface area contributed by atoms with Crippen LogP contribution in [0.15, 0.2) is 52.5 Å². The first-order chi connectivity index (χ1) is 11.5. The molecule has 0 aliphatic carbocycles. The van der Waals surface area contributed by atoms with Gasteiger partial charge in [0, 0.05) is 17.3 Å². The standard InChI is InChI=1S/C15H14N2O5S2/c18-15(17-24(19,20)12-2-1-5-16-9-12)10-23-11-3-4-13-14(8-11)22-7-6-21-13/h1-5,8-9H,6-7,10H2,(H,17,18). The van der Waals surface area contributed by atoms with Crippen LogP contribution >= 0.6 is 11.8 Å². The fourth-order valence-corrected chi connectivity index (χ4v) is 3.77. The highest BCUT2D eigenvalue weighted by Gasteiger charge is 2.18. The van der Waals surface area contributed by atoms with Gasteiger partial charge in [-0.05, 0) is 30.3 Å². The second kappa shape index (κ2) is 7.10. The topological polar surface area (TPSA) is 94.6 Å². The minimum atomic E-state index is -3.90. The number of thioether (sulfide) groups is 1. The SMILES string of the molecule is O=C(CSc1ccc2c(c1)OCCO2)NS(=O)(=O)c1cccnc1. The molecule has 0 radical (unpaired) electrons. The van der Waals surface area contributed by atoms with Gasteiger partial charge in [0.25, 0.3) is 10.0 Å². The fraction of sp³-hybridized carbons (Fsp3) is 0.200. The molecular formula is C15H14N2O5S2. The fourth-order valence-electron chi connectivity index (χ4n) is 2.01. The van der Waals surface area contributed by atoms with E-state index in [-0.39, 0.29) is 10.6 Å². The van der Waals surface area contributed by atoms with Gasteiger partial charge in [0.1, 0.15) is 18.1 Å². The molecule has 3 rings (SSSR count). The molecule has 7 nitrogen and oxygen atoms in total. The van der Waals surface area contributed by atoms with Crippen LogP contribution in [0, 0.1) is 0 Å². The zero-order chi connectivity index (χ0) is 17.0. The van der Waals surface area contributed by atoms with Gasteiger partial charge in [-0.3, -0.25) is 9.78 Å². The van der Waals surface area contributed by atoms with Crippen molar-refractivity contribution in [3.63, 3.8) is 0 Å². The van der Waals surface area contributed by atoms with E-state index in [9.17, 15) is 13.2 Å². The molecule has 1 aromatic heterocycles. The number of carbonyl (C=O) groups is 1. The Morgan fingerprint density at radius 2 is 2.00 bits per heavy atom. The molecule has 1 aliphatic heterocycles. The number of pyridine rings is 1. The van der Waals surface area contributed by atoms with Crippen LogP contribution in [0.5, 0.6) is 11.5 Å². The lowest BCUT2D eigenvalue weighted by molar-refractivity contribution is -0.116. The van der Waals surface area contributed by atoms with Crippen molar-refractivity contribution in [1.82, 2.24) is 9.71 Å². The van der Waals surface area contributed by atoms with Crippen LogP contribution in [0.2, 0.25) is 0 Å². The lowest BCUT2D eigenvalue weighted by Gasteiger charge is -2.18. The number of amides is 1. The molecule has 2 aromatic rings. The first-order valence-electron chi connectivity index (χ1n) is 7.03. The van der Waals surface area contributed by atoms with Crippen molar-refractivity contribution >= 4 is 27.7 Å². The van der Waals surface area contributed by atoms with E-state index in [2.05, 4.69) is 4.98 Å². The highest BCUT2D eigenvalue weighted by Crippen LogP contribution is 2.34. The minimum Gasteiger partial charge on any atom is -0.486 e. The number of sulfonamides is 1. The summed E-state index contributed by atoms with van der Waals surface area (Å²) in [5.41, 5.74) is 0.